The molecule has 1 N–H and O–H groups in total. The summed E-state index contributed by atoms with van der Waals surface area (Å²) >= 11 is 7.89. The second-order valence-corrected chi connectivity index (χ2v) is 7.89. The lowest BCUT2D eigenvalue weighted by atomic mass is 9.85. The Morgan fingerprint density at radius 3 is 3.00 bits per heavy atom. The number of benzene rings is 1. The molecule has 1 aromatic carbocycles. The maximum absolute atomic E-state index is 12.7. The Bertz CT molecular complexity index is 987. The van der Waals surface area contributed by atoms with Gasteiger partial charge in [-0.15, -0.1) is 5.10 Å². The van der Waals surface area contributed by atoms with Gasteiger partial charge in [0.05, 0.1) is 4.92 Å². The van der Waals surface area contributed by atoms with Gasteiger partial charge in [-0.3, -0.25) is 14.9 Å². The molecule has 0 radical (unpaired) electrons. The molecule has 2 aliphatic rings. The molecule has 1 atom stereocenters. The number of hydrogen-bond acceptors (Lipinski definition) is 7. The fourth-order valence-corrected chi connectivity index (χ4v) is 4.24. The van der Waals surface area contributed by atoms with Gasteiger partial charge >= 0.3 is 0 Å². The molecule has 0 bridgehead atoms. The molecule has 8 nitrogen and oxygen atoms in total. The Hall–Kier alpha value is -2.39. The molecular formula is C17H16ClN5O3S. The number of hydrogen-bond donors (Lipinski definition) is 1. The van der Waals surface area contributed by atoms with E-state index in [0.717, 1.165) is 17.9 Å². The summed E-state index contributed by atoms with van der Waals surface area (Å²) in [6, 6.07) is 3.63. The van der Waals surface area contributed by atoms with Crippen molar-refractivity contribution < 1.29 is 9.72 Å². The summed E-state index contributed by atoms with van der Waals surface area (Å²) in [6.45, 7) is 2.00. The number of Topliss-reactive ketones (excluding diaryl/α,β-unsaturated/α-hetero) is 1. The molecule has 0 saturated carbocycles. The number of nitro benzene ring substituents is 1. The van der Waals surface area contributed by atoms with Crippen LogP contribution >= 0.6 is 23.4 Å². The summed E-state index contributed by atoms with van der Waals surface area (Å²) in [4.78, 5) is 28.0. The van der Waals surface area contributed by atoms with E-state index in [2.05, 4.69) is 15.4 Å². The number of non-ortho nitro benzene ring substituents is 1. The van der Waals surface area contributed by atoms with Gasteiger partial charge in [0.25, 0.3) is 5.69 Å². The molecule has 1 aliphatic carbocycles. The van der Waals surface area contributed by atoms with Crippen LogP contribution in [0.1, 0.15) is 37.8 Å². The lowest BCUT2D eigenvalue weighted by Crippen LogP contribution is -2.31. The van der Waals surface area contributed by atoms with E-state index in [1.807, 2.05) is 6.92 Å². The number of nitrogens with zero attached hydrogens (tertiary/aromatic N) is 4. The topological polar surface area (TPSA) is 103 Å². The Labute approximate surface area is 164 Å². The average molecular weight is 406 g/mol. The van der Waals surface area contributed by atoms with E-state index in [-0.39, 0.29) is 11.5 Å². The van der Waals surface area contributed by atoms with Crippen LogP contribution in [0.25, 0.3) is 0 Å². The maximum atomic E-state index is 12.7. The lowest BCUT2D eigenvalue weighted by Gasteiger charge is -2.32. The number of rotatable bonds is 4. The van der Waals surface area contributed by atoms with Crippen molar-refractivity contribution in [2.24, 2.45) is 0 Å². The Morgan fingerprint density at radius 1 is 1.44 bits per heavy atom. The fourth-order valence-electron chi connectivity index (χ4n) is 3.47. The zero-order valence-electron chi connectivity index (χ0n) is 14.4. The maximum Gasteiger partial charge on any atom is 0.269 e. The first-order valence-electron chi connectivity index (χ1n) is 8.56. The zero-order valence-corrected chi connectivity index (χ0v) is 16.0. The predicted octanol–water partition coefficient (Wildman–Crippen LogP) is 3.97. The highest BCUT2D eigenvalue weighted by Crippen LogP contribution is 2.43. The Morgan fingerprint density at radius 2 is 2.26 bits per heavy atom. The van der Waals surface area contributed by atoms with Crippen LogP contribution in [0.2, 0.25) is 5.02 Å². The number of fused-ring (bicyclic) bond motifs is 1. The number of ketones is 1. The van der Waals surface area contributed by atoms with Crippen molar-refractivity contribution in [3.63, 3.8) is 0 Å². The van der Waals surface area contributed by atoms with Crippen LogP contribution in [0.4, 0.5) is 11.6 Å². The number of allylic oxidation sites excluding steroid dienone is 2. The summed E-state index contributed by atoms with van der Waals surface area (Å²) in [7, 11) is 0. The first kappa shape index (κ1) is 18.0. The van der Waals surface area contributed by atoms with E-state index in [0.29, 0.717) is 40.1 Å². The van der Waals surface area contributed by atoms with Gasteiger partial charge in [0.1, 0.15) is 6.04 Å². The molecule has 0 fully saturated rings. The van der Waals surface area contributed by atoms with Crippen LogP contribution in [0.15, 0.2) is 34.6 Å². The number of thioether (sulfide) groups is 1. The number of nitrogens with one attached hydrogen (secondary N) is 1. The lowest BCUT2D eigenvalue weighted by molar-refractivity contribution is -0.384. The number of aromatic nitrogens is 3. The molecule has 0 unspecified atom stereocenters. The fraction of sp³-hybridized carbons (Fsp3) is 0.353. The molecule has 140 valence electrons. The molecule has 1 aliphatic heterocycles. The average Bonchev–Trinajstić information content (AvgIpc) is 3.03. The third-order valence-electron chi connectivity index (χ3n) is 4.61. The highest BCUT2D eigenvalue weighted by molar-refractivity contribution is 7.99. The summed E-state index contributed by atoms with van der Waals surface area (Å²) in [6.07, 6.45) is 1.90. The van der Waals surface area contributed by atoms with Gasteiger partial charge in [0, 0.05) is 40.4 Å². The summed E-state index contributed by atoms with van der Waals surface area (Å²) in [5, 5.41) is 19.9. The van der Waals surface area contributed by atoms with Crippen molar-refractivity contribution in [2.45, 2.75) is 37.4 Å². The van der Waals surface area contributed by atoms with Gasteiger partial charge in [-0.25, -0.2) is 4.68 Å². The van der Waals surface area contributed by atoms with Gasteiger partial charge in [0.15, 0.2) is 5.78 Å². The van der Waals surface area contributed by atoms with Crippen molar-refractivity contribution in [3.8, 4) is 0 Å². The van der Waals surface area contributed by atoms with E-state index < -0.39 is 11.0 Å². The summed E-state index contributed by atoms with van der Waals surface area (Å²) in [5.41, 5.74) is 1.76. The number of anilines is 1. The zero-order chi connectivity index (χ0) is 19.1. The quantitative estimate of drug-likeness (QED) is 0.466. The van der Waals surface area contributed by atoms with Crippen LogP contribution in [-0.2, 0) is 4.79 Å². The first-order chi connectivity index (χ1) is 13.0. The molecular weight excluding hydrogens is 390 g/mol. The molecule has 2 heterocycles. The number of halogens is 1. The monoisotopic (exact) mass is 405 g/mol. The van der Waals surface area contributed by atoms with Crippen molar-refractivity contribution in [1.82, 2.24) is 14.8 Å². The van der Waals surface area contributed by atoms with Gasteiger partial charge in [-0.05, 0) is 24.7 Å². The SMILES string of the molecule is CCSc1nc2n(n1)[C@@H](c1cc([N+](=O)[O-])ccc1Cl)C1=C(CCCC1=O)N2. The minimum Gasteiger partial charge on any atom is -0.328 e. The number of carbonyl (C=O) groups excluding carboxylic acids is 1. The highest BCUT2D eigenvalue weighted by atomic mass is 35.5. The van der Waals surface area contributed by atoms with Crippen LogP contribution in [0.5, 0.6) is 0 Å². The van der Waals surface area contributed by atoms with Gasteiger partial charge in [-0.2, -0.15) is 4.98 Å². The number of nitro groups is 1. The van der Waals surface area contributed by atoms with Crippen LogP contribution in [-0.4, -0.2) is 31.2 Å². The van der Waals surface area contributed by atoms with Gasteiger partial charge in [0.2, 0.25) is 11.1 Å². The second kappa shape index (κ2) is 6.97. The smallest absolute Gasteiger partial charge is 0.269 e. The summed E-state index contributed by atoms with van der Waals surface area (Å²) < 4.78 is 1.62. The molecule has 0 saturated heterocycles. The van der Waals surface area contributed by atoms with E-state index in [4.69, 9.17) is 11.6 Å². The molecule has 4 rings (SSSR count). The van der Waals surface area contributed by atoms with Gasteiger partial charge in [-0.1, -0.05) is 30.3 Å². The largest absolute Gasteiger partial charge is 0.328 e. The van der Waals surface area contributed by atoms with Gasteiger partial charge < -0.3 is 5.32 Å². The van der Waals surface area contributed by atoms with Crippen molar-refractivity contribution in [1.29, 1.82) is 0 Å². The third-order valence-corrected chi connectivity index (χ3v) is 5.67. The molecule has 2 aromatic rings. The van der Waals surface area contributed by atoms with Crippen LogP contribution in [0, 0.1) is 10.1 Å². The molecule has 10 heteroatoms. The van der Waals surface area contributed by atoms with E-state index in [1.54, 1.807) is 4.68 Å². The van der Waals surface area contributed by atoms with Crippen molar-refractivity contribution in [2.75, 3.05) is 11.1 Å². The van der Waals surface area contributed by atoms with Crippen LogP contribution < -0.4 is 5.32 Å². The third kappa shape index (κ3) is 3.10. The minimum atomic E-state index is -0.629. The normalized spacial score (nSPS) is 18.7. The van der Waals surface area contributed by atoms with Crippen molar-refractivity contribution >= 4 is 40.8 Å². The minimum absolute atomic E-state index is 0.00201. The molecule has 0 spiro atoms. The first-order valence-corrected chi connectivity index (χ1v) is 9.92. The Kier molecular flexibility index (Phi) is 4.65. The van der Waals surface area contributed by atoms with E-state index in [9.17, 15) is 14.9 Å². The van der Waals surface area contributed by atoms with E-state index in [1.165, 1.54) is 30.0 Å². The molecule has 1 aromatic heterocycles. The van der Waals surface area contributed by atoms with Crippen molar-refractivity contribution in [3.05, 3.63) is 50.2 Å². The van der Waals surface area contributed by atoms with Crippen LogP contribution in [0.3, 0.4) is 0 Å². The number of carbonyl (C=O) groups is 1. The molecule has 27 heavy (non-hydrogen) atoms. The molecule has 0 amide bonds. The predicted molar refractivity (Wildman–Crippen MR) is 102 cm³/mol. The summed E-state index contributed by atoms with van der Waals surface area (Å²) in [5.74, 6) is 1.33. The van der Waals surface area contributed by atoms with E-state index >= 15 is 0 Å². The highest BCUT2D eigenvalue weighted by Gasteiger charge is 2.38. The second-order valence-electron chi connectivity index (χ2n) is 6.25. The standard InChI is InChI=1S/C17H16ClN5O3S/c1-2-27-17-20-16-19-12-4-3-5-13(24)14(12)15(22(16)21-17)10-8-9(23(25)26)6-7-11(10)18/h6-8,15H,2-5H2,1H3,(H,19,20,21)/t15-/m0/s1. The Balaban J connectivity index is 1.93.